The Bertz CT molecular complexity index is 288. The molecule has 2 rings (SSSR count). The number of rotatable bonds is 0. The van der Waals surface area contributed by atoms with Crippen molar-refractivity contribution in [1.29, 1.82) is 0 Å². The SMILES string of the molecule is O=C1CC2(CCC(F)(F)CC2)C(=O)O1. The zero-order chi connectivity index (χ0) is 10.4. The van der Waals surface area contributed by atoms with Crippen molar-refractivity contribution in [1.82, 2.24) is 0 Å². The first-order chi connectivity index (χ1) is 6.44. The van der Waals surface area contributed by atoms with Gasteiger partial charge in [-0.3, -0.25) is 9.59 Å². The van der Waals surface area contributed by atoms with Crippen LogP contribution >= 0.6 is 0 Å². The molecule has 1 spiro atoms. The van der Waals surface area contributed by atoms with Crippen molar-refractivity contribution in [2.45, 2.75) is 38.0 Å². The van der Waals surface area contributed by atoms with Crippen molar-refractivity contribution in [2.24, 2.45) is 5.41 Å². The monoisotopic (exact) mass is 204 g/mol. The number of esters is 2. The van der Waals surface area contributed by atoms with E-state index in [0.29, 0.717) is 0 Å². The van der Waals surface area contributed by atoms with Crippen LogP contribution in [0, 0.1) is 5.41 Å². The predicted octanol–water partition coefficient (Wildman–Crippen LogP) is 1.66. The average Bonchev–Trinajstić information content (AvgIpc) is 2.35. The topological polar surface area (TPSA) is 43.4 Å². The van der Waals surface area contributed by atoms with E-state index in [1.807, 2.05) is 0 Å². The number of carbonyl (C=O) groups excluding carboxylic acids is 2. The molecule has 0 aromatic rings. The lowest BCUT2D eigenvalue weighted by atomic mass is 9.72. The van der Waals surface area contributed by atoms with Gasteiger partial charge in [-0.1, -0.05) is 0 Å². The van der Waals surface area contributed by atoms with Gasteiger partial charge < -0.3 is 4.74 Å². The van der Waals surface area contributed by atoms with Gasteiger partial charge in [-0.05, 0) is 12.8 Å². The number of hydrogen-bond acceptors (Lipinski definition) is 3. The Morgan fingerprint density at radius 2 is 1.64 bits per heavy atom. The molecule has 0 bridgehead atoms. The third-order valence-electron chi connectivity index (χ3n) is 3.06. The summed E-state index contributed by atoms with van der Waals surface area (Å²) in [6.07, 6.45) is -0.554. The maximum atomic E-state index is 12.8. The first-order valence-corrected chi connectivity index (χ1v) is 4.57. The highest BCUT2D eigenvalue weighted by atomic mass is 19.3. The summed E-state index contributed by atoms with van der Waals surface area (Å²) in [5.74, 6) is -3.88. The highest BCUT2D eigenvalue weighted by molar-refractivity contribution is 5.97. The Balaban J connectivity index is 2.13. The van der Waals surface area contributed by atoms with Gasteiger partial charge in [0.2, 0.25) is 5.92 Å². The summed E-state index contributed by atoms with van der Waals surface area (Å²) >= 11 is 0. The normalized spacial score (nSPS) is 29.3. The molecular formula is C9H10F2O3. The van der Waals surface area contributed by atoms with E-state index in [2.05, 4.69) is 4.74 Å². The van der Waals surface area contributed by atoms with Crippen LogP contribution in [0.1, 0.15) is 32.1 Å². The fourth-order valence-electron chi connectivity index (χ4n) is 2.07. The van der Waals surface area contributed by atoms with E-state index >= 15 is 0 Å². The second kappa shape index (κ2) is 2.74. The second-order valence-corrected chi connectivity index (χ2v) is 4.07. The molecule has 1 aliphatic carbocycles. The summed E-state index contributed by atoms with van der Waals surface area (Å²) in [5, 5.41) is 0. The summed E-state index contributed by atoms with van der Waals surface area (Å²) < 4.78 is 30.1. The number of carbonyl (C=O) groups is 2. The molecule has 78 valence electrons. The van der Waals surface area contributed by atoms with Gasteiger partial charge >= 0.3 is 11.9 Å². The molecule has 0 aromatic heterocycles. The maximum Gasteiger partial charge on any atom is 0.320 e. The van der Waals surface area contributed by atoms with Gasteiger partial charge in [-0.2, -0.15) is 0 Å². The van der Waals surface area contributed by atoms with Crippen LogP contribution in [0.3, 0.4) is 0 Å². The molecule has 5 heteroatoms. The molecule has 0 unspecified atom stereocenters. The number of cyclic esters (lactones) is 2. The van der Waals surface area contributed by atoms with Crippen LogP contribution in [0.4, 0.5) is 8.78 Å². The molecule has 0 radical (unpaired) electrons. The maximum absolute atomic E-state index is 12.8. The van der Waals surface area contributed by atoms with Gasteiger partial charge in [0.15, 0.2) is 0 Å². The van der Waals surface area contributed by atoms with Crippen molar-refractivity contribution >= 4 is 11.9 Å². The largest absolute Gasteiger partial charge is 0.393 e. The Morgan fingerprint density at radius 1 is 1.07 bits per heavy atom. The Hall–Kier alpha value is -1.00. The number of hydrogen-bond donors (Lipinski definition) is 0. The summed E-state index contributed by atoms with van der Waals surface area (Å²) in [5.41, 5.74) is -0.932. The van der Waals surface area contributed by atoms with Crippen LogP contribution in [0.25, 0.3) is 0 Å². The van der Waals surface area contributed by atoms with Crippen LogP contribution in [0.15, 0.2) is 0 Å². The summed E-state index contributed by atoms with van der Waals surface area (Å²) in [4.78, 5) is 22.1. The summed E-state index contributed by atoms with van der Waals surface area (Å²) in [6, 6.07) is 0. The molecule has 3 nitrogen and oxygen atoms in total. The first kappa shape index (κ1) is 9.55. The molecule has 0 aromatic carbocycles. The standard InChI is InChI=1S/C9H10F2O3/c10-9(11)3-1-8(2-4-9)5-6(12)14-7(8)13/h1-5H2. The van der Waals surface area contributed by atoms with E-state index in [0.717, 1.165) is 0 Å². The zero-order valence-electron chi connectivity index (χ0n) is 7.52. The van der Waals surface area contributed by atoms with E-state index in [-0.39, 0.29) is 32.1 Å². The van der Waals surface area contributed by atoms with Crippen molar-refractivity contribution in [3.8, 4) is 0 Å². The molecule has 2 fully saturated rings. The smallest absolute Gasteiger partial charge is 0.320 e. The van der Waals surface area contributed by atoms with E-state index in [1.54, 1.807) is 0 Å². The average molecular weight is 204 g/mol. The van der Waals surface area contributed by atoms with E-state index in [1.165, 1.54) is 0 Å². The molecular weight excluding hydrogens is 194 g/mol. The molecule has 0 N–H and O–H groups in total. The minimum Gasteiger partial charge on any atom is -0.393 e. The molecule has 0 atom stereocenters. The Labute approximate surface area is 79.4 Å². The van der Waals surface area contributed by atoms with Gasteiger partial charge in [-0.25, -0.2) is 8.78 Å². The molecule has 0 amide bonds. The van der Waals surface area contributed by atoms with Crippen molar-refractivity contribution < 1.29 is 23.1 Å². The number of alkyl halides is 2. The fourth-order valence-corrected chi connectivity index (χ4v) is 2.07. The Morgan fingerprint density at radius 3 is 2.07 bits per heavy atom. The minimum atomic E-state index is -2.68. The molecule has 1 saturated heterocycles. The number of ether oxygens (including phenoxy) is 1. The molecule has 2 aliphatic rings. The van der Waals surface area contributed by atoms with Crippen LogP contribution in [0.2, 0.25) is 0 Å². The highest BCUT2D eigenvalue weighted by Gasteiger charge is 2.54. The number of halogens is 2. The minimum absolute atomic E-state index is 0.0259. The quantitative estimate of drug-likeness (QED) is 0.445. The van der Waals surface area contributed by atoms with Gasteiger partial charge in [0.25, 0.3) is 0 Å². The lowest BCUT2D eigenvalue weighted by molar-refractivity contribution is -0.157. The van der Waals surface area contributed by atoms with E-state index in [4.69, 9.17) is 0 Å². The van der Waals surface area contributed by atoms with E-state index in [9.17, 15) is 18.4 Å². The highest BCUT2D eigenvalue weighted by Crippen LogP contribution is 2.48. The molecule has 14 heavy (non-hydrogen) atoms. The van der Waals surface area contributed by atoms with Crippen LogP contribution in [-0.2, 0) is 14.3 Å². The molecule has 1 aliphatic heterocycles. The molecule has 1 heterocycles. The first-order valence-electron chi connectivity index (χ1n) is 4.57. The second-order valence-electron chi connectivity index (χ2n) is 4.07. The van der Waals surface area contributed by atoms with E-state index < -0.39 is 23.3 Å². The van der Waals surface area contributed by atoms with Crippen LogP contribution < -0.4 is 0 Å². The summed E-state index contributed by atoms with van der Waals surface area (Å²) in [7, 11) is 0. The third kappa shape index (κ3) is 1.40. The fraction of sp³-hybridized carbons (Fsp3) is 0.778. The zero-order valence-corrected chi connectivity index (χ0v) is 7.52. The van der Waals surface area contributed by atoms with Crippen molar-refractivity contribution in [3.63, 3.8) is 0 Å². The van der Waals surface area contributed by atoms with Crippen molar-refractivity contribution in [3.05, 3.63) is 0 Å². The lowest BCUT2D eigenvalue weighted by Gasteiger charge is -2.32. The van der Waals surface area contributed by atoms with Crippen LogP contribution in [-0.4, -0.2) is 17.9 Å². The predicted molar refractivity (Wildman–Crippen MR) is 41.6 cm³/mol. The van der Waals surface area contributed by atoms with Gasteiger partial charge in [0.05, 0.1) is 11.8 Å². The summed E-state index contributed by atoms with van der Waals surface area (Å²) in [6.45, 7) is 0. The molecule has 1 saturated carbocycles. The van der Waals surface area contributed by atoms with Gasteiger partial charge in [-0.15, -0.1) is 0 Å². The van der Waals surface area contributed by atoms with Gasteiger partial charge in [0, 0.05) is 12.8 Å². The van der Waals surface area contributed by atoms with Crippen molar-refractivity contribution in [2.75, 3.05) is 0 Å². The van der Waals surface area contributed by atoms with Crippen LogP contribution in [0.5, 0.6) is 0 Å². The Kier molecular flexibility index (Phi) is 1.87. The van der Waals surface area contributed by atoms with Gasteiger partial charge in [0.1, 0.15) is 0 Å². The third-order valence-corrected chi connectivity index (χ3v) is 3.06. The lowest BCUT2D eigenvalue weighted by Crippen LogP contribution is -2.36.